The highest BCUT2D eigenvalue weighted by Crippen LogP contribution is 2.30. The van der Waals surface area contributed by atoms with Gasteiger partial charge in [0, 0.05) is 6.54 Å². The molecule has 2 atom stereocenters. The first-order chi connectivity index (χ1) is 14.5. The van der Waals surface area contributed by atoms with Crippen molar-refractivity contribution >= 4 is 23.4 Å². The summed E-state index contributed by atoms with van der Waals surface area (Å²) >= 11 is 0. The second-order valence-electron chi connectivity index (χ2n) is 8.00. The third kappa shape index (κ3) is 6.32. The number of urea groups is 1. The van der Waals surface area contributed by atoms with E-state index >= 15 is 0 Å². The minimum absolute atomic E-state index is 0.144. The Kier molecular flexibility index (Phi) is 7.85. The summed E-state index contributed by atoms with van der Waals surface area (Å²) in [5, 5.41) is 11.8. The fraction of sp³-hybridized carbons (Fsp3) is 0.417. The summed E-state index contributed by atoms with van der Waals surface area (Å²) in [4.78, 5) is 25.5. The van der Waals surface area contributed by atoms with Gasteiger partial charge in [-0.2, -0.15) is 0 Å². The maximum absolute atomic E-state index is 13.1. The van der Waals surface area contributed by atoms with Gasteiger partial charge >= 0.3 is 12.0 Å². The highest BCUT2D eigenvalue weighted by Gasteiger charge is 2.24. The molecule has 1 fully saturated rings. The van der Waals surface area contributed by atoms with Crippen LogP contribution in [0, 0.1) is 18.8 Å². The predicted octanol–water partition coefficient (Wildman–Crippen LogP) is 4.75. The average Bonchev–Trinajstić information content (AvgIpc) is 2.75. The van der Waals surface area contributed by atoms with Crippen molar-refractivity contribution in [2.24, 2.45) is 11.8 Å². The number of rotatable bonds is 8. The zero-order chi connectivity index (χ0) is 21.3. The lowest BCUT2D eigenvalue weighted by Gasteiger charge is -2.30. The maximum Gasteiger partial charge on any atom is 0.329 e. The number of aliphatic carboxylic acids is 1. The van der Waals surface area contributed by atoms with Gasteiger partial charge in [-0.3, -0.25) is 4.90 Å². The number of amides is 2. The molecule has 0 heterocycles. The summed E-state index contributed by atoms with van der Waals surface area (Å²) < 4.78 is 5.28. The highest BCUT2D eigenvalue weighted by atomic mass is 16.5. The van der Waals surface area contributed by atoms with Crippen molar-refractivity contribution in [1.29, 1.82) is 0 Å². The van der Waals surface area contributed by atoms with Crippen LogP contribution in [0.3, 0.4) is 0 Å². The topological polar surface area (TPSA) is 78.9 Å². The van der Waals surface area contributed by atoms with Crippen LogP contribution in [0.4, 0.5) is 16.2 Å². The molecule has 0 aliphatic heterocycles. The lowest BCUT2D eigenvalue weighted by molar-refractivity contribution is -0.142. The minimum atomic E-state index is -0.938. The first kappa shape index (κ1) is 21.8. The standard InChI is InChI=1S/C24H30N2O4/c1-18-10-12-22(13-11-18)26(21-8-3-2-4-9-21)24(29)25-15-19-6-5-7-20(14-19)16-30-17-23(27)28/h2-4,8-13,19-20H,5-7,14-17H2,1H3,(H,25,29)(H,27,28). The number of hydrogen-bond donors (Lipinski definition) is 2. The molecule has 3 rings (SSSR count). The molecular weight excluding hydrogens is 380 g/mol. The molecule has 2 unspecified atom stereocenters. The number of carboxylic acids is 1. The van der Waals surface area contributed by atoms with Gasteiger partial charge in [-0.15, -0.1) is 0 Å². The number of benzene rings is 2. The number of ether oxygens (including phenoxy) is 1. The van der Waals surface area contributed by atoms with Gasteiger partial charge in [0.1, 0.15) is 6.61 Å². The number of hydrogen-bond acceptors (Lipinski definition) is 3. The molecule has 1 aliphatic rings. The van der Waals surface area contributed by atoms with Crippen molar-refractivity contribution in [1.82, 2.24) is 5.32 Å². The van der Waals surface area contributed by atoms with E-state index in [9.17, 15) is 9.59 Å². The Morgan fingerprint density at radius 1 is 1.03 bits per heavy atom. The zero-order valence-electron chi connectivity index (χ0n) is 17.4. The van der Waals surface area contributed by atoms with Crippen molar-refractivity contribution in [2.45, 2.75) is 32.6 Å². The molecule has 0 aromatic heterocycles. The van der Waals surface area contributed by atoms with Crippen molar-refractivity contribution in [2.75, 3.05) is 24.7 Å². The number of carboxylic acid groups (broad SMARTS) is 1. The van der Waals surface area contributed by atoms with E-state index in [1.165, 1.54) is 0 Å². The van der Waals surface area contributed by atoms with E-state index in [2.05, 4.69) is 5.32 Å². The molecule has 160 valence electrons. The zero-order valence-corrected chi connectivity index (χ0v) is 17.4. The van der Waals surface area contributed by atoms with E-state index < -0.39 is 5.97 Å². The number of carbonyl (C=O) groups is 2. The van der Waals surface area contributed by atoms with E-state index in [0.717, 1.165) is 42.6 Å². The van der Waals surface area contributed by atoms with Crippen molar-refractivity contribution in [3.05, 3.63) is 60.2 Å². The Hall–Kier alpha value is -2.86. The molecule has 0 saturated heterocycles. The summed E-state index contributed by atoms with van der Waals surface area (Å²) in [6, 6.07) is 17.4. The fourth-order valence-corrected chi connectivity index (χ4v) is 4.02. The number of para-hydroxylation sites is 1. The van der Waals surface area contributed by atoms with Crippen LogP contribution in [0.15, 0.2) is 54.6 Å². The number of aryl methyl sites for hydroxylation is 1. The largest absolute Gasteiger partial charge is 0.480 e. The van der Waals surface area contributed by atoms with Crippen LogP contribution in [-0.4, -0.2) is 36.9 Å². The molecule has 2 aromatic rings. The second kappa shape index (κ2) is 10.8. The van der Waals surface area contributed by atoms with Gasteiger partial charge in [0.15, 0.2) is 0 Å². The lowest BCUT2D eigenvalue weighted by Crippen LogP contribution is -2.40. The monoisotopic (exact) mass is 410 g/mol. The smallest absolute Gasteiger partial charge is 0.329 e. The molecule has 1 aliphatic carbocycles. The Morgan fingerprint density at radius 3 is 2.40 bits per heavy atom. The molecule has 0 spiro atoms. The van der Waals surface area contributed by atoms with Gasteiger partial charge in [0.05, 0.1) is 18.0 Å². The maximum atomic E-state index is 13.1. The SMILES string of the molecule is Cc1ccc(N(C(=O)NCC2CCCC(COCC(=O)O)C2)c2ccccc2)cc1. The van der Waals surface area contributed by atoms with Crippen LogP contribution in [0.25, 0.3) is 0 Å². The Labute approximate surface area is 177 Å². The van der Waals surface area contributed by atoms with E-state index in [1.54, 1.807) is 4.90 Å². The number of carbonyl (C=O) groups excluding carboxylic acids is 1. The average molecular weight is 411 g/mol. The van der Waals surface area contributed by atoms with Crippen molar-refractivity contribution in [3.8, 4) is 0 Å². The van der Waals surface area contributed by atoms with E-state index in [4.69, 9.17) is 9.84 Å². The predicted molar refractivity (Wildman–Crippen MR) is 117 cm³/mol. The van der Waals surface area contributed by atoms with Gasteiger partial charge < -0.3 is 15.2 Å². The Bertz CT molecular complexity index is 823. The Morgan fingerprint density at radius 2 is 1.70 bits per heavy atom. The molecule has 30 heavy (non-hydrogen) atoms. The summed E-state index contributed by atoms with van der Waals surface area (Å²) in [7, 11) is 0. The van der Waals surface area contributed by atoms with E-state index in [1.807, 2.05) is 61.5 Å². The molecular formula is C24H30N2O4. The summed E-state index contributed by atoms with van der Waals surface area (Å²) in [6.45, 7) is 2.84. The third-order valence-corrected chi connectivity index (χ3v) is 5.52. The molecule has 2 amide bonds. The van der Waals surface area contributed by atoms with Crippen LogP contribution in [-0.2, 0) is 9.53 Å². The van der Waals surface area contributed by atoms with E-state index in [0.29, 0.717) is 25.0 Å². The van der Waals surface area contributed by atoms with Gasteiger partial charge in [-0.1, -0.05) is 42.3 Å². The molecule has 0 radical (unpaired) electrons. The lowest BCUT2D eigenvalue weighted by atomic mass is 9.82. The quantitative estimate of drug-likeness (QED) is 0.658. The fourth-order valence-electron chi connectivity index (χ4n) is 4.02. The van der Waals surface area contributed by atoms with Gasteiger partial charge in [-0.25, -0.2) is 9.59 Å². The first-order valence-corrected chi connectivity index (χ1v) is 10.5. The third-order valence-electron chi connectivity index (χ3n) is 5.52. The molecule has 6 nitrogen and oxygen atoms in total. The summed E-state index contributed by atoms with van der Waals surface area (Å²) in [5.74, 6) is -0.217. The molecule has 0 bridgehead atoms. The van der Waals surface area contributed by atoms with Crippen LogP contribution in [0.1, 0.15) is 31.2 Å². The molecule has 1 saturated carbocycles. The number of nitrogens with zero attached hydrogens (tertiary/aromatic N) is 1. The van der Waals surface area contributed by atoms with Gasteiger partial charge in [-0.05, 0) is 62.3 Å². The van der Waals surface area contributed by atoms with Gasteiger partial charge in [0.2, 0.25) is 0 Å². The normalized spacial score (nSPS) is 18.6. The summed E-state index contributed by atoms with van der Waals surface area (Å²) in [5.41, 5.74) is 2.79. The molecule has 6 heteroatoms. The van der Waals surface area contributed by atoms with Gasteiger partial charge in [0.25, 0.3) is 0 Å². The van der Waals surface area contributed by atoms with E-state index in [-0.39, 0.29) is 12.6 Å². The Balaban J connectivity index is 1.60. The van der Waals surface area contributed by atoms with Crippen LogP contribution < -0.4 is 10.2 Å². The second-order valence-corrected chi connectivity index (χ2v) is 8.00. The summed E-state index contributed by atoms with van der Waals surface area (Å²) in [6.07, 6.45) is 4.12. The minimum Gasteiger partial charge on any atom is -0.480 e. The van der Waals surface area contributed by atoms with Crippen molar-refractivity contribution in [3.63, 3.8) is 0 Å². The highest BCUT2D eigenvalue weighted by molar-refractivity contribution is 5.99. The van der Waals surface area contributed by atoms with Crippen molar-refractivity contribution < 1.29 is 19.4 Å². The molecule has 2 aromatic carbocycles. The van der Waals surface area contributed by atoms with Crippen LogP contribution in [0.5, 0.6) is 0 Å². The van der Waals surface area contributed by atoms with Crippen LogP contribution in [0.2, 0.25) is 0 Å². The number of nitrogens with one attached hydrogen (secondary N) is 1. The first-order valence-electron chi connectivity index (χ1n) is 10.5. The number of anilines is 2. The van der Waals surface area contributed by atoms with Crippen LogP contribution >= 0.6 is 0 Å². The molecule has 2 N–H and O–H groups in total.